The Hall–Kier alpha value is -3.77. The number of hydrogen-bond donors (Lipinski definition) is 3. The predicted octanol–water partition coefficient (Wildman–Crippen LogP) is 4.94. The lowest BCUT2D eigenvalue weighted by molar-refractivity contribution is -0.0515. The number of benzene rings is 2. The summed E-state index contributed by atoms with van der Waals surface area (Å²) in [5, 5.41) is 11.5. The van der Waals surface area contributed by atoms with E-state index in [1.165, 1.54) is 18.2 Å². The molecule has 1 saturated carbocycles. The summed E-state index contributed by atoms with van der Waals surface area (Å²) in [5.74, 6) is -2.39. The SMILES string of the molecule is C[C@H](N)c1oc(-c2ccc(OC(F)F)c(OCC3CC3)c2)nc1CNC(=O)c1ccc(C(=O)O)cc1F.Cl. The molecule has 1 aliphatic rings. The second-order valence-electron chi connectivity index (χ2n) is 8.60. The van der Waals surface area contributed by atoms with E-state index in [1.807, 2.05) is 0 Å². The Balaban J connectivity index is 0.00000400. The average Bonchev–Trinajstić information content (AvgIpc) is 3.57. The van der Waals surface area contributed by atoms with Gasteiger partial charge < -0.3 is 30.0 Å². The molecule has 1 aromatic heterocycles. The van der Waals surface area contributed by atoms with Crippen molar-refractivity contribution in [2.24, 2.45) is 11.7 Å². The van der Waals surface area contributed by atoms with E-state index in [-0.39, 0.29) is 58.9 Å². The third-order valence-corrected chi connectivity index (χ3v) is 5.60. The van der Waals surface area contributed by atoms with Crippen molar-refractivity contribution in [2.75, 3.05) is 6.61 Å². The fourth-order valence-corrected chi connectivity index (χ4v) is 3.50. The van der Waals surface area contributed by atoms with E-state index in [0.717, 1.165) is 31.0 Å². The fourth-order valence-electron chi connectivity index (χ4n) is 3.50. The van der Waals surface area contributed by atoms with Gasteiger partial charge in [-0.1, -0.05) is 0 Å². The molecule has 0 radical (unpaired) electrons. The van der Waals surface area contributed by atoms with Crippen LogP contribution in [0.3, 0.4) is 0 Å². The first-order valence-electron chi connectivity index (χ1n) is 11.4. The first kappa shape index (κ1) is 28.8. The Morgan fingerprint density at radius 2 is 1.95 bits per heavy atom. The van der Waals surface area contributed by atoms with Crippen LogP contribution >= 0.6 is 12.4 Å². The molecule has 204 valence electrons. The Labute approximate surface area is 221 Å². The molecular formula is C25H25ClF3N3O6. The van der Waals surface area contributed by atoms with Crippen molar-refractivity contribution in [2.45, 2.75) is 39.0 Å². The van der Waals surface area contributed by atoms with Crippen LogP contribution in [0.1, 0.15) is 58.0 Å². The molecule has 38 heavy (non-hydrogen) atoms. The summed E-state index contributed by atoms with van der Waals surface area (Å²) in [6.07, 6.45) is 2.01. The number of carboxylic acids is 1. The van der Waals surface area contributed by atoms with Crippen LogP contribution < -0.4 is 20.5 Å². The first-order chi connectivity index (χ1) is 17.6. The number of aromatic carboxylic acids is 1. The number of nitrogens with one attached hydrogen (secondary N) is 1. The number of carboxylic acid groups (broad SMARTS) is 1. The van der Waals surface area contributed by atoms with Crippen LogP contribution in [0, 0.1) is 11.7 Å². The van der Waals surface area contributed by atoms with Gasteiger partial charge in [0.25, 0.3) is 5.91 Å². The zero-order valence-electron chi connectivity index (χ0n) is 20.1. The minimum absolute atomic E-state index is 0. The van der Waals surface area contributed by atoms with Crippen molar-refractivity contribution in [3.05, 3.63) is 64.8 Å². The molecule has 0 unspecified atom stereocenters. The van der Waals surface area contributed by atoms with Gasteiger partial charge in [-0.05, 0) is 62.1 Å². The van der Waals surface area contributed by atoms with Crippen molar-refractivity contribution in [1.82, 2.24) is 10.3 Å². The van der Waals surface area contributed by atoms with E-state index in [2.05, 4.69) is 15.0 Å². The van der Waals surface area contributed by atoms with Gasteiger partial charge in [0, 0.05) is 5.56 Å². The molecule has 0 saturated heterocycles. The number of nitrogens with zero attached hydrogens (tertiary/aromatic N) is 1. The number of carbonyl (C=O) groups is 2. The summed E-state index contributed by atoms with van der Waals surface area (Å²) in [7, 11) is 0. The van der Waals surface area contributed by atoms with E-state index >= 15 is 0 Å². The molecule has 0 aliphatic heterocycles. The molecule has 9 nitrogen and oxygen atoms in total. The molecule has 4 rings (SSSR count). The number of halogens is 4. The number of hydrogen-bond acceptors (Lipinski definition) is 7. The fraction of sp³-hybridized carbons (Fsp3) is 0.320. The molecule has 2 aromatic carbocycles. The molecule has 1 fully saturated rings. The number of amides is 1. The summed E-state index contributed by atoms with van der Waals surface area (Å²) < 4.78 is 55.9. The van der Waals surface area contributed by atoms with Crippen LogP contribution in [-0.4, -0.2) is 35.2 Å². The lowest BCUT2D eigenvalue weighted by Gasteiger charge is -2.12. The maximum absolute atomic E-state index is 14.2. The molecule has 1 aliphatic carbocycles. The monoisotopic (exact) mass is 555 g/mol. The highest BCUT2D eigenvalue weighted by Gasteiger charge is 2.24. The smallest absolute Gasteiger partial charge is 0.387 e. The lowest BCUT2D eigenvalue weighted by Crippen LogP contribution is -2.25. The van der Waals surface area contributed by atoms with Crippen molar-refractivity contribution in [1.29, 1.82) is 0 Å². The highest BCUT2D eigenvalue weighted by atomic mass is 35.5. The van der Waals surface area contributed by atoms with Crippen LogP contribution in [0.2, 0.25) is 0 Å². The van der Waals surface area contributed by atoms with Gasteiger partial charge in [0.1, 0.15) is 17.3 Å². The summed E-state index contributed by atoms with van der Waals surface area (Å²) in [6.45, 7) is -1.19. The number of rotatable bonds is 11. The van der Waals surface area contributed by atoms with Gasteiger partial charge in [0.15, 0.2) is 11.5 Å². The number of ether oxygens (including phenoxy) is 2. The number of nitrogens with two attached hydrogens (primary N) is 1. The predicted molar refractivity (Wildman–Crippen MR) is 131 cm³/mol. The lowest BCUT2D eigenvalue weighted by atomic mass is 10.1. The normalized spacial score (nSPS) is 13.5. The van der Waals surface area contributed by atoms with Crippen LogP contribution in [0.25, 0.3) is 11.5 Å². The van der Waals surface area contributed by atoms with Crippen molar-refractivity contribution >= 4 is 24.3 Å². The number of carbonyl (C=O) groups excluding carboxylic acids is 1. The third-order valence-electron chi connectivity index (χ3n) is 5.60. The highest BCUT2D eigenvalue weighted by molar-refractivity contribution is 5.96. The molecule has 4 N–H and O–H groups in total. The molecule has 13 heteroatoms. The maximum Gasteiger partial charge on any atom is 0.387 e. The molecular weight excluding hydrogens is 531 g/mol. The zero-order valence-corrected chi connectivity index (χ0v) is 20.9. The van der Waals surface area contributed by atoms with E-state index in [4.69, 9.17) is 20.0 Å². The van der Waals surface area contributed by atoms with E-state index in [0.29, 0.717) is 18.1 Å². The number of aromatic nitrogens is 1. The molecule has 1 heterocycles. The number of oxazole rings is 1. The van der Waals surface area contributed by atoms with Crippen LogP contribution in [0.5, 0.6) is 11.5 Å². The Morgan fingerprint density at radius 1 is 1.21 bits per heavy atom. The van der Waals surface area contributed by atoms with Gasteiger partial charge in [-0.15, -0.1) is 12.4 Å². The highest BCUT2D eigenvalue weighted by Crippen LogP contribution is 2.37. The third kappa shape index (κ3) is 6.95. The Kier molecular flexibility index (Phi) is 9.23. The van der Waals surface area contributed by atoms with Gasteiger partial charge in [-0.3, -0.25) is 4.79 Å². The molecule has 1 atom stereocenters. The van der Waals surface area contributed by atoms with Gasteiger partial charge in [0.05, 0.1) is 30.3 Å². The van der Waals surface area contributed by atoms with Crippen LogP contribution in [-0.2, 0) is 6.54 Å². The number of alkyl halides is 2. The largest absolute Gasteiger partial charge is 0.489 e. The quantitative estimate of drug-likeness (QED) is 0.302. The molecule has 0 spiro atoms. The Bertz CT molecular complexity index is 1310. The second kappa shape index (κ2) is 12.2. The summed E-state index contributed by atoms with van der Waals surface area (Å²) >= 11 is 0. The first-order valence-corrected chi connectivity index (χ1v) is 11.4. The van der Waals surface area contributed by atoms with E-state index in [9.17, 15) is 22.8 Å². The Morgan fingerprint density at radius 3 is 2.55 bits per heavy atom. The molecule has 0 bridgehead atoms. The van der Waals surface area contributed by atoms with Gasteiger partial charge >= 0.3 is 12.6 Å². The topological polar surface area (TPSA) is 137 Å². The maximum atomic E-state index is 14.2. The van der Waals surface area contributed by atoms with Crippen molar-refractivity contribution < 1.29 is 41.8 Å². The van der Waals surface area contributed by atoms with Crippen molar-refractivity contribution in [3.63, 3.8) is 0 Å². The molecule has 3 aromatic rings. The minimum Gasteiger partial charge on any atom is -0.489 e. The summed E-state index contributed by atoms with van der Waals surface area (Å²) in [6, 6.07) is 6.59. The van der Waals surface area contributed by atoms with Crippen molar-refractivity contribution in [3.8, 4) is 23.0 Å². The summed E-state index contributed by atoms with van der Waals surface area (Å²) in [4.78, 5) is 27.9. The van der Waals surface area contributed by atoms with E-state index < -0.39 is 30.3 Å². The minimum atomic E-state index is -3.03. The second-order valence-corrected chi connectivity index (χ2v) is 8.60. The zero-order chi connectivity index (χ0) is 26.7. The van der Waals surface area contributed by atoms with Gasteiger partial charge in [0.2, 0.25) is 5.89 Å². The van der Waals surface area contributed by atoms with Gasteiger partial charge in [-0.25, -0.2) is 14.2 Å². The summed E-state index contributed by atoms with van der Waals surface area (Å²) in [5.41, 5.74) is 6.04. The molecule has 1 amide bonds. The van der Waals surface area contributed by atoms with Gasteiger partial charge in [-0.2, -0.15) is 8.78 Å². The van der Waals surface area contributed by atoms with E-state index in [1.54, 1.807) is 6.92 Å². The standard InChI is InChI=1S/C25H24F3N3O6.ClH/c1-12(29)21-18(10-30-22(32)16-6-4-15(24(33)34)8-17(16)26)31-23(37-21)14-5-7-19(36-25(27)28)20(9-14)35-11-13-2-3-13;/h4-9,12-13,25H,2-3,10-11,29H2,1H3,(H,30,32)(H,33,34);1H/t12-;/m0./s1. The average molecular weight is 556 g/mol. The van der Waals surface area contributed by atoms with Crippen LogP contribution in [0.15, 0.2) is 40.8 Å². The van der Waals surface area contributed by atoms with Crippen LogP contribution in [0.4, 0.5) is 13.2 Å².